The molecule has 1 aromatic carbocycles. The van der Waals surface area contributed by atoms with E-state index >= 15 is 0 Å². The lowest BCUT2D eigenvalue weighted by Crippen LogP contribution is -2.02. The number of hydrogen-bond acceptors (Lipinski definition) is 4. The summed E-state index contributed by atoms with van der Waals surface area (Å²) in [5, 5.41) is 4.34. The second kappa shape index (κ2) is 5.01. The summed E-state index contributed by atoms with van der Waals surface area (Å²) < 4.78 is 9.71. The van der Waals surface area contributed by atoms with E-state index < -0.39 is 5.97 Å². The van der Waals surface area contributed by atoms with Gasteiger partial charge in [0, 0.05) is 11.6 Å². The molecule has 0 atom stereocenters. The van der Waals surface area contributed by atoms with E-state index in [1.54, 1.807) is 19.1 Å². The van der Waals surface area contributed by atoms with Gasteiger partial charge in [0.1, 0.15) is 5.69 Å². The number of carbonyl (C=O) groups excluding carboxylic acids is 1. The van der Waals surface area contributed by atoms with Crippen molar-refractivity contribution in [2.75, 3.05) is 6.61 Å². The molecule has 0 radical (unpaired) electrons. The van der Waals surface area contributed by atoms with Crippen LogP contribution in [0.4, 0.5) is 0 Å². The van der Waals surface area contributed by atoms with Gasteiger partial charge in [-0.05, 0) is 13.0 Å². The van der Waals surface area contributed by atoms with Crippen molar-refractivity contribution in [3.63, 3.8) is 0 Å². The predicted molar refractivity (Wildman–Crippen MR) is 62.9 cm³/mol. The Morgan fingerprint density at radius 3 is 2.94 bits per heavy atom. The minimum atomic E-state index is -0.529. The standard InChI is InChI=1S/C12H10ClNO3/c1-2-16-12(15)11-7-10(14-17-11)8-5-3-4-6-9(8)13/h3-7H,2H2,1H3. The third-order valence-corrected chi connectivity index (χ3v) is 2.47. The van der Waals surface area contributed by atoms with Crippen LogP contribution >= 0.6 is 11.6 Å². The van der Waals surface area contributed by atoms with Crippen LogP contribution in [0.5, 0.6) is 0 Å². The second-order valence-electron chi connectivity index (χ2n) is 3.28. The molecular formula is C12H10ClNO3. The fraction of sp³-hybridized carbons (Fsp3) is 0.167. The number of ether oxygens (including phenoxy) is 1. The van der Waals surface area contributed by atoms with E-state index in [2.05, 4.69) is 5.16 Å². The quantitative estimate of drug-likeness (QED) is 0.787. The van der Waals surface area contributed by atoms with Gasteiger partial charge in [-0.2, -0.15) is 0 Å². The minimum Gasteiger partial charge on any atom is -0.460 e. The molecule has 0 saturated heterocycles. The Bertz CT molecular complexity index is 536. The van der Waals surface area contributed by atoms with Crippen molar-refractivity contribution in [2.24, 2.45) is 0 Å². The zero-order valence-electron chi connectivity index (χ0n) is 9.14. The van der Waals surface area contributed by atoms with Crippen molar-refractivity contribution in [3.05, 3.63) is 41.1 Å². The summed E-state index contributed by atoms with van der Waals surface area (Å²) in [4.78, 5) is 11.4. The van der Waals surface area contributed by atoms with Crippen LogP contribution in [0.1, 0.15) is 17.5 Å². The van der Waals surface area contributed by atoms with E-state index in [1.165, 1.54) is 6.07 Å². The molecule has 0 fully saturated rings. The maximum atomic E-state index is 11.4. The molecule has 2 aromatic rings. The highest BCUT2D eigenvalue weighted by Gasteiger charge is 2.15. The van der Waals surface area contributed by atoms with Gasteiger partial charge >= 0.3 is 5.97 Å². The number of hydrogen-bond donors (Lipinski definition) is 0. The lowest BCUT2D eigenvalue weighted by molar-refractivity contribution is 0.0480. The van der Waals surface area contributed by atoms with E-state index in [0.29, 0.717) is 22.9 Å². The van der Waals surface area contributed by atoms with Crippen molar-refractivity contribution < 1.29 is 14.1 Å². The number of benzene rings is 1. The molecule has 2 rings (SSSR count). The van der Waals surface area contributed by atoms with Crippen LogP contribution in [0.15, 0.2) is 34.9 Å². The van der Waals surface area contributed by atoms with Gasteiger partial charge in [0.05, 0.1) is 11.6 Å². The number of rotatable bonds is 3. The number of nitrogens with zero attached hydrogens (tertiary/aromatic N) is 1. The van der Waals surface area contributed by atoms with E-state index in [0.717, 1.165) is 0 Å². The first-order valence-electron chi connectivity index (χ1n) is 5.11. The fourth-order valence-electron chi connectivity index (χ4n) is 1.37. The Labute approximate surface area is 103 Å². The lowest BCUT2D eigenvalue weighted by atomic mass is 10.1. The largest absolute Gasteiger partial charge is 0.460 e. The smallest absolute Gasteiger partial charge is 0.377 e. The van der Waals surface area contributed by atoms with Crippen molar-refractivity contribution in [2.45, 2.75) is 6.92 Å². The van der Waals surface area contributed by atoms with Gasteiger partial charge < -0.3 is 9.26 Å². The van der Waals surface area contributed by atoms with E-state index in [9.17, 15) is 4.79 Å². The van der Waals surface area contributed by atoms with Crippen LogP contribution in [0.3, 0.4) is 0 Å². The number of carbonyl (C=O) groups is 1. The lowest BCUT2D eigenvalue weighted by Gasteiger charge is -1.97. The average Bonchev–Trinajstić information content (AvgIpc) is 2.79. The first kappa shape index (κ1) is 11.7. The highest BCUT2D eigenvalue weighted by atomic mass is 35.5. The monoisotopic (exact) mass is 251 g/mol. The summed E-state index contributed by atoms with van der Waals surface area (Å²) in [6.45, 7) is 2.02. The molecule has 5 heteroatoms. The molecular weight excluding hydrogens is 242 g/mol. The van der Waals surface area contributed by atoms with Gasteiger partial charge in [-0.1, -0.05) is 35.0 Å². The third-order valence-electron chi connectivity index (χ3n) is 2.14. The van der Waals surface area contributed by atoms with Crippen molar-refractivity contribution in [1.82, 2.24) is 5.16 Å². The zero-order chi connectivity index (χ0) is 12.3. The van der Waals surface area contributed by atoms with Gasteiger partial charge in [-0.15, -0.1) is 0 Å². The summed E-state index contributed by atoms with van der Waals surface area (Å²) in [6.07, 6.45) is 0. The molecule has 1 aromatic heterocycles. The van der Waals surface area contributed by atoms with Crippen LogP contribution in [0.2, 0.25) is 5.02 Å². The molecule has 0 saturated carbocycles. The molecule has 88 valence electrons. The summed E-state index contributed by atoms with van der Waals surface area (Å²) in [7, 11) is 0. The van der Waals surface area contributed by atoms with Crippen LogP contribution < -0.4 is 0 Å². The Morgan fingerprint density at radius 1 is 1.47 bits per heavy atom. The highest BCUT2D eigenvalue weighted by Crippen LogP contribution is 2.27. The van der Waals surface area contributed by atoms with Crippen molar-refractivity contribution in [3.8, 4) is 11.3 Å². The summed E-state index contributed by atoms with van der Waals surface area (Å²) in [5.41, 5.74) is 1.23. The summed E-state index contributed by atoms with van der Waals surface area (Å²) >= 11 is 6.01. The van der Waals surface area contributed by atoms with E-state index in [-0.39, 0.29) is 5.76 Å². The maximum Gasteiger partial charge on any atom is 0.377 e. The van der Waals surface area contributed by atoms with Crippen LogP contribution in [-0.2, 0) is 4.74 Å². The van der Waals surface area contributed by atoms with Crippen LogP contribution in [-0.4, -0.2) is 17.7 Å². The van der Waals surface area contributed by atoms with Crippen molar-refractivity contribution in [1.29, 1.82) is 0 Å². The van der Waals surface area contributed by atoms with E-state index in [4.69, 9.17) is 20.9 Å². The summed E-state index contributed by atoms with van der Waals surface area (Å²) in [6, 6.07) is 8.71. The molecule has 0 aliphatic heterocycles. The Morgan fingerprint density at radius 2 is 2.24 bits per heavy atom. The maximum absolute atomic E-state index is 11.4. The molecule has 0 N–H and O–H groups in total. The molecule has 4 nitrogen and oxygen atoms in total. The summed E-state index contributed by atoms with van der Waals surface area (Å²) in [5.74, 6) is -0.458. The number of esters is 1. The first-order valence-corrected chi connectivity index (χ1v) is 5.49. The predicted octanol–water partition coefficient (Wildman–Crippen LogP) is 3.17. The number of halogens is 1. The zero-order valence-corrected chi connectivity index (χ0v) is 9.90. The normalized spacial score (nSPS) is 10.2. The molecule has 0 aliphatic carbocycles. The second-order valence-corrected chi connectivity index (χ2v) is 3.68. The van der Waals surface area contributed by atoms with Gasteiger partial charge in [-0.3, -0.25) is 0 Å². The van der Waals surface area contributed by atoms with Gasteiger partial charge in [0.2, 0.25) is 5.76 Å². The molecule has 1 heterocycles. The topological polar surface area (TPSA) is 52.3 Å². The Hall–Kier alpha value is -1.81. The van der Waals surface area contributed by atoms with Crippen LogP contribution in [0, 0.1) is 0 Å². The molecule has 0 amide bonds. The van der Waals surface area contributed by atoms with Gasteiger partial charge in [-0.25, -0.2) is 4.79 Å². The van der Waals surface area contributed by atoms with Crippen molar-refractivity contribution >= 4 is 17.6 Å². The minimum absolute atomic E-state index is 0.0711. The Balaban J connectivity index is 2.30. The molecule has 0 bridgehead atoms. The third kappa shape index (κ3) is 2.47. The molecule has 17 heavy (non-hydrogen) atoms. The molecule has 0 aliphatic rings. The average molecular weight is 252 g/mol. The molecule has 0 unspecified atom stereocenters. The highest BCUT2D eigenvalue weighted by molar-refractivity contribution is 6.33. The molecule has 0 spiro atoms. The van der Waals surface area contributed by atoms with Gasteiger partial charge in [0.25, 0.3) is 0 Å². The number of aromatic nitrogens is 1. The van der Waals surface area contributed by atoms with Crippen LogP contribution in [0.25, 0.3) is 11.3 Å². The fourth-order valence-corrected chi connectivity index (χ4v) is 1.60. The Kier molecular flexibility index (Phi) is 3.44. The van der Waals surface area contributed by atoms with E-state index in [1.807, 2.05) is 12.1 Å². The van der Waals surface area contributed by atoms with Gasteiger partial charge in [0.15, 0.2) is 0 Å². The first-order chi connectivity index (χ1) is 8.22. The SMILES string of the molecule is CCOC(=O)c1cc(-c2ccccc2Cl)no1.